The third-order valence-corrected chi connectivity index (χ3v) is 5.66. The summed E-state index contributed by atoms with van der Waals surface area (Å²) in [6.45, 7) is 2.13. The monoisotopic (exact) mass is 419 g/mol. The maximum absolute atomic E-state index is 12.2. The van der Waals surface area contributed by atoms with Crippen LogP contribution in [0.3, 0.4) is 0 Å². The Morgan fingerprint density at radius 1 is 1.03 bits per heavy atom. The summed E-state index contributed by atoms with van der Waals surface area (Å²) in [5.41, 5.74) is 1.28. The number of hydrogen-bond acceptors (Lipinski definition) is 7. The van der Waals surface area contributed by atoms with E-state index in [0.717, 1.165) is 5.56 Å². The number of ketones is 1. The maximum Gasteiger partial charge on any atom is 0.307 e. The Balaban J connectivity index is 1.45. The first-order chi connectivity index (χ1) is 13.8. The molecule has 29 heavy (non-hydrogen) atoms. The third-order valence-electron chi connectivity index (χ3n) is 4.18. The molecule has 1 heterocycles. The van der Waals surface area contributed by atoms with E-state index < -0.39 is 28.4 Å². The van der Waals surface area contributed by atoms with Crippen molar-refractivity contribution in [3.05, 3.63) is 53.6 Å². The van der Waals surface area contributed by atoms with Crippen LogP contribution in [0.2, 0.25) is 0 Å². The summed E-state index contributed by atoms with van der Waals surface area (Å²) in [6.07, 6.45) is -0.195. The molecule has 2 aromatic carbocycles. The molecule has 3 rings (SSSR count). The fourth-order valence-electron chi connectivity index (χ4n) is 2.61. The summed E-state index contributed by atoms with van der Waals surface area (Å²) in [7, 11) is -3.71. The number of ether oxygens (including phenoxy) is 3. The smallest absolute Gasteiger partial charge is 0.307 e. The molecule has 1 N–H and O–H groups in total. The molecule has 0 bridgehead atoms. The van der Waals surface area contributed by atoms with Gasteiger partial charge in [-0.15, -0.1) is 0 Å². The second kappa shape index (κ2) is 9.06. The van der Waals surface area contributed by atoms with Gasteiger partial charge < -0.3 is 14.2 Å². The van der Waals surface area contributed by atoms with E-state index >= 15 is 0 Å². The van der Waals surface area contributed by atoms with Crippen LogP contribution in [-0.2, 0) is 19.6 Å². The fourth-order valence-corrected chi connectivity index (χ4v) is 3.64. The first-order valence-corrected chi connectivity index (χ1v) is 10.5. The average molecular weight is 419 g/mol. The Hall–Kier alpha value is -2.91. The quantitative estimate of drug-likeness (QED) is 0.514. The van der Waals surface area contributed by atoms with Crippen LogP contribution >= 0.6 is 0 Å². The molecule has 0 spiro atoms. The number of nitrogens with one attached hydrogen (secondary N) is 1. The molecule has 0 saturated heterocycles. The number of aryl methyl sites for hydroxylation is 1. The first kappa shape index (κ1) is 20.8. The largest absolute Gasteiger partial charge is 0.486 e. The van der Waals surface area contributed by atoms with E-state index in [1.807, 2.05) is 6.92 Å². The molecule has 1 aliphatic heterocycles. The molecule has 2 aromatic rings. The van der Waals surface area contributed by atoms with Crippen LogP contribution in [0, 0.1) is 6.92 Å². The molecule has 0 aliphatic carbocycles. The SMILES string of the molecule is Cc1ccc(S(=O)(=O)NCCC(=O)OCC(=O)c2ccc3c(c2)OCCO3)cc1. The fraction of sp³-hybridized carbons (Fsp3) is 0.300. The molecular formula is C20H21NO7S. The number of esters is 1. The Kier molecular flexibility index (Phi) is 6.50. The summed E-state index contributed by atoms with van der Waals surface area (Å²) in [5, 5.41) is 0. The number of fused-ring (bicyclic) bond motifs is 1. The number of carbonyl (C=O) groups is 2. The van der Waals surface area contributed by atoms with Gasteiger partial charge in [0.2, 0.25) is 10.0 Å². The Morgan fingerprint density at radius 3 is 2.45 bits per heavy atom. The summed E-state index contributed by atoms with van der Waals surface area (Å²) in [4.78, 5) is 24.1. The van der Waals surface area contributed by atoms with Gasteiger partial charge in [0, 0.05) is 12.1 Å². The van der Waals surface area contributed by atoms with Gasteiger partial charge in [-0.2, -0.15) is 0 Å². The molecule has 154 valence electrons. The van der Waals surface area contributed by atoms with Gasteiger partial charge in [-0.3, -0.25) is 9.59 Å². The van der Waals surface area contributed by atoms with Gasteiger partial charge in [0.25, 0.3) is 0 Å². The first-order valence-electron chi connectivity index (χ1n) is 9.00. The number of sulfonamides is 1. The van der Waals surface area contributed by atoms with Crippen molar-refractivity contribution in [2.24, 2.45) is 0 Å². The van der Waals surface area contributed by atoms with Gasteiger partial charge in [0.15, 0.2) is 23.9 Å². The summed E-state index contributed by atoms with van der Waals surface area (Å²) in [6, 6.07) is 11.1. The summed E-state index contributed by atoms with van der Waals surface area (Å²) < 4.78 is 42.4. The van der Waals surface area contributed by atoms with E-state index in [1.54, 1.807) is 30.3 Å². The van der Waals surface area contributed by atoms with Gasteiger partial charge >= 0.3 is 5.97 Å². The van der Waals surface area contributed by atoms with Gasteiger partial charge in [0.05, 0.1) is 11.3 Å². The lowest BCUT2D eigenvalue weighted by Crippen LogP contribution is -2.27. The highest BCUT2D eigenvalue weighted by molar-refractivity contribution is 7.89. The van der Waals surface area contributed by atoms with E-state index in [4.69, 9.17) is 14.2 Å². The van der Waals surface area contributed by atoms with Crippen molar-refractivity contribution >= 4 is 21.8 Å². The van der Waals surface area contributed by atoms with Crippen molar-refractivity contribution in [3.63, 3.8) is 0 Å². The lowest BCUT2D eigenvalue weighted by Gasteiger charge is -2.18. The number of Topliss-reactive ketones (excluding diaryl/α,β-unsaturated/α-hetero) is 1. The number of rotatable bonds is 8. The predicted molar refractivity (Wildman–Crippen MR) is 104 cm³/mol. The van der Waals surface area contributed by atoms with Gasteiger partial charge in [-0.1, -0.05) is 17.7 Å². The van der Waals surface area contributed by atoms with Gasteiger partial charge in [-0.05, 0) is 37.3 Å². The highest BCUT2D eigenvalue weighted by Gasteiger charge is 2.17. The van der Waals surface area contributed by atoms with Crippen LogP contribution in [0.5, 0.6) is 11.5 Å². The third kappa shape index (κ3) is 5.55. The topological polar surface area (TPSA) is 108 Å². The molecule has 0 aromatic heterocycles. The van der Waals surface area contributed by atoms with E-state index in [2.05, 4.69) is 4.72 Å². The maximum atomic E-state index is 12.2. The van der Waals surface area contributed by atoms with Crippen molar-refractivity contribution < 1.29 is 32.2 Å². The van der Waals surface area contributed by atoms with Crippen LogP contribution < -0.4 is 14.2 Å². The van der Waals surface area contributed by atoms with Crippen LogP contribution in [0.4, 0.5) is 0 Å². The summed E-state index contributed by atoms with van der Waals surface area (Å²) in [5.74, 6) is -0.0392. The second-order valence-electron chi connectivity index (χ2n) is 6.40. The van der Waals surface area contributed by atoms with Crippen LogP contribution in [0.25, 0.3) is 0 Å². The lowest BCUT2D eigenvalue weighted by molar-refractivity contribution is -0.142. The minimum Gasteiger partial charge on any atom is -0.486 e. The second-order valence-corrected chi connectivity index (χ2v) is 8.17. The van der Waals surface area contributed by atoms with Crippen LogP contribution in [-0.4, -0.2) is 46.5 Å². The number of benzene rings is 2. The van der Waals surface area contributed by atoms with Crippen LogP contribution in [0.1, 0.15) is 22.3 Å². The minimum atomic E-state index is -3.71. The predicted octanol–water partition coefficient (Wildman–Crippen LogP) is 1.86. The average Bonchev–Trinajstić information content (AvgIpc) is 2.72. The summed E-state index contributed by atoms with van der Waals surface area (Å²) >= 11 is 0. The van der Waals surface area contributed by atoms with E-state index in [1.165, 1.54) is 12.1 Å². The van der Waals surface area contributed by atoms with E-state index in [9.17, 15) is 18.0 Å². The Morgan fingerprint density at radius 2 is 1.72 bits per heavy atom. The zero-order valence-electron chi connectivity index (χ0n) is 15.8. The normalized spacial score (nSPS) is 13.0. The van der Waals surface area contributed by atoms with Gasteiger partial charge in [-0.25, -0.2) is 13.1 Å². The van der Waals surface area contributed by atoms with E-state index in [-0.39, 0.29) is 17.9 Å². The van der Waals surface area contributed by atoms with Crippen molar-refractivity contribution in [2.45, 2.75) is 18.2 Å². The molecule has 0 fully saturated rings. The zero-order valence-corrected chi connectivity index (χ0v) is 16.7. The number of hydrogen-bond donors (Lipinski definition) is 1. The standard InChI is InChI=1S/C20H21NO7S/c1-14-2-5-16(6-3-14)29(24,25)21-9-8-20(23)28-13-17(22)15-4-7-18-19(12-15)27-11-10-26-18/h2-7,12,21H,8-11,13H2,1H3. The molecule has 0 amide bonds. The van der Waals surface area contributed by atoms with Crippen LogP contribution in [0.15, 0.2) is 47.4 Å². The highest BCUT2D eigenvalue weighted by atomic mass is 32.2. The molecule has 0 saturated carbocycles. The van der Waals surface area contributed by atoms with Gasteiger partial charge in [0.1, 0.15) is 13.2 Å². The molecule has 0 unspecified atom stereocenters. The molecule has 1 aliphatic rings. The number of carbonyl (C=O) groups excluding carboxylic acids is 2. The molecule has 0 atom stereocenters. The molecular weight excluding hydrogens is 398 g/mol. The van der Waals surface area contributed by atoms with E-state index in [0.29, 0.717) is 30.3 Å². The highest BCUT2D eigenvalue weighted by Crippen LogP contribution is 2.30. The van der Waals surface area contributed by atoms with Crippen molar-refractivity contribution in [1.29, 1.82) is 0 Å². The lowest BCUT2D eigenvalue weighted by atomic mass is 10.1. The van der Waals surface area contributed by atoms with Crippen molar-refractivity contribution in [1.82, 2.24) is 4.72 Å². The minimum absolute atomic E-state index is 0.116. The Labute approximate surface area is 168 Å². The molecule has 8 nitrogen and oxygen atoms in total. The van der Waals surface area contributed by atoms with Crippen molar-refractivity contribution in [3.8, 4) is 11.5 Å². The van der Waals surface area contributed by atoms with Crippen molar-refractivity contribution in [2.75, 3.05) is 26.4 Å². The Bertz CT molecular complexity index is 1000. The zero-order chi connectivity index (χ0) is 20.9. The molecule has 0 radical (unpaired) electrons. The molecule has 9 heteroatoms.